The van der Waals surface area contributed by atoms with E-state index in [9.17, 15) is 4.79 Å². The molecule has 0 saturated carbocycles. The molecule has 3 aromatic rings. The van der Waals surface area contributed by atoms with Crippen LogP contribution in [0.5, 0.6) is 0 Å². The Morgan fingerprint density at radius 1 is 1.57 bits per heavy atom. The van der Waals surface area contributed by atoms with Gasteiger partial charge < -0.3 is 0 Å². The van der Waals surface area contributed by atoms with Crippen molar-refractivity contribution in [1.82, 2.24) is 29.4 Å². The normalized spacial score (nSPS) is 10.7. The molecule has 0 aliphatic rings. The first-order chi connectivity index (χ1) is 10.1. The minimum atomic E-state index is -0.381. The number of thiazole rings is 1. The molecule has 0 fully saturated rings. The Kier molecular flexibility index (Phi) is 3.12. The minimum Gasteiger partial charge on any atom is -0.245 e. The molecule has 0 saturated heterocycles. The minimum absolute atomic E-state index is 0.0619. The highest BCUT2D eigenvalue weighted by Crippen LogP contribution is 2.26. The molecule has 0 aliphatic carbocycles. The third-order valence-electron chi connectivity index (χ3n) is 2.80. The molecule has 0 spiro atoms. The largest absolute Gasteiger partial charge is 0.353 e. The summed E-state index contributed by atoms with van der Waals surface area (Å²) in [5.74, 6) is 2.35. The van der Waals surface area contributed by atoms with E-state index < -0.39 is 0 Å². The molecule has 0 atom stereocenters. The van der Waals surface area contributed by atoms with Gasteiger partial charge in [-0.1, -0.05) is 17.7 Å². The molecule has 0 aromatic carbocycles. The van der Waals surface area contributed by atoms with Gasteiger partial charge in [-0.15, -0.1) is 22.9 Å². The van der Waals surface area contributed by atoms with Crippen LogP contribution in [0.2, 0.25) is 0 Å². The zero-order valence-corrected chi connectivity index (χ0v) is 12.0. The predicted octanol–water partition coefficient (Wildman–Crippen LogP) is 1.08. The monoisotopic (exact) mass is 298 g/mol. The number of hydrogen-bond acceptors (Lipinski definition) is 6. The molecule has 0 bridgehead atoms. The van der Waals surface area contributed by atoms with Crippen molar-refractivity contribution >= 4 is 22.6 Å². The van der Waals surface area contributed by atoms with Gasteiger partial charge in [0, 0.05) is 5.38 Å². The number of terminal acetylenes is 1. The molecule has 8 heteroatoms. The molecule has 0 aliphatic heterocycles. The fraction of sp³-hybridized carbons (Fsp3) is 0.154. The quantitative estimate of drug-likeness (QED) is 0.676. The fourth-order valence-electron chi connectivity index (χ4n) is 1.75. The average Bonchev–Trinajstić information content (AvgIpc) is 3.08. The molecule has 3 aromatic heterocycles. The second-order valence-corrected chi connectivity index (χ2v) is 5.20. The Morgan fingerprint density at radius 3 is 3.05 bits per heavy atom. The third kappa shape index (κ3) is 2.13. The number of rotatable bonds is 3. The number of nitrogens with zero attached hydrogens (tertiary/aromatic N) is 6. The van der Waals surface area contributed by atoms with Crippen molar-refractivity contribution in [2.75, 3.05) is 0 Å². The summed E-state index contributed by atoms with van der Waals surface area (Å²) < 4.78 is 2.40. The van der Waals surface area contributed by atoms with Gasteiger partial charge in [0.05, 0.1) is 5.69 Å². The Morgan fingerprint density at radius 2 is 2.38 bits per heavy atom. The van der Waals surface area contributed by atoms with Crippen molar-refractivity contribution < 1.29 is 0 Å². The lowest BCUT2D eigenvalue weighted by molar-refractivity contribution is 0.577. The van der Waals surface area contributed by atoms with Crippen LogP contribution in [-0.2, 0) is 6.54 Å². The van der Waals surface area contributed by atoms with Gasteiger partial charge in [0.25, 0.3) is 0 Å². The van der Waals surface area contributed by atoms with Crippen molar-refractivity contribution in [2.45, 2.75) is 13.5 Å². The Hall–Kier alpha value is -2.79. The maximum atomic E-state index is 12.1. The zero-order valence-electron chi connectivity index (χ0n) is 11.1. The lowest BCUT2D eigenvalue weighted by Crippen LogP contribution is -2.29. The zero-order chi connectivity index (χ0) is 15.0. The van der Waals surface area contributed by atoms with Crippen molar-refractivity contribution in [3.8, 4) is 23.0 Å². The molecule has 7 nitrogen and oxygen atoms in total. The molecule has 0 radical (unpaired) electrons. The van der Waals surface area contributed by atoms with Crippen LogP contribution < -0.4 is 5.69 Å². The van der Waals surface area contributed by atoms with Crippen LogP contribution in [-0.4, -0.2) is 29.4 Å². The van der Waals surface area contributed by atoms with E-state index in [1.807, 2.05) is 12.3 Å². The molecule has 3 rings (SSSR count). The van der Waals surface area contributed by atoms with Crippen molar-refractivity contribution in [3.05, 3.63) is 34.5 Å². The predicted molar refractivity (Wildman–Crippen MR) is 79.7 cm³/mol. The summed E-state index contributed by atoms with van der Waals surface area (Å²) in [7, 11) is 0. The maximum Gasteiger partial charge on any atom is 0.353 e. The van der Waals surface area contributed by atoms with Gasteiger partial charge in [-0.2, -0.15) is 4.68 Å². The SMILES string of the molecule is C#CCn1nnc2c(-c3nc(C(=C)C)cs3)ncn2c1=O. The molecule has 104 valence electrons. The van der Waals surface area contributed by atoms with E-state index in [-0.39, 0.29) is 12.2 Å². The number of imidazole rings is 1. The fourth-order valence-corrected chi connectivity index (χ4v) is 2.64. The van der Waals surface area contributed by atoms with E-state index in [1.165, 1.54) is 22.1 Å². The lowest BCUT2D eigenvalue weighted by atomic mass is 10.3. The first-order valence-corrected chi connectivity index (χ1v) is 6.86. The van der Waals surface area contributed by atoms with Crippen molar-refractivity contribution in [2.24, 2.45) is 0 Å². The standard InChI is InChI=1S/C13H10N6OS/c1-4-5-19-13(20)18-7-14-10(11(18)16-17-19)12-15-9(6-21-12)8(2)3/h1,6-7H,2,5H2,3H3. The highest BCUT2D eigenvalue weighted by atomic mass is 32.1. The lowest BCUT2D eigenvalue weighted by Gasteiger charge is -1.98. The summed E-state index contributed by atoms with van der Waals surface area (Å²) in [5.41, 5.74) is 2.16. The van der Waals surface area contributed by atoms with Crippen LogP contribution in [0.25, 0.3) is 21.9 Å². The van der Waals surface area contributed by atoms with E-state index in [2.05, 4.69) is 32.8 Å². The number of aromatic nitrogens is 6. The molecule has 21 heavy (non-hydrogen) atoms. The van der Waals surface area contributed by atoms with Crippen LogP contribution in [0, 0.1) is 12.3 Å². The summed E-state index contributed by atoms with van der Waals surface area (Å²) in [6.07, 6.45) is 6.58. The Balaban J connectivity index is 2.17. The summed E-state index contributed by atoms with van der Waals surface area (Å²) in [5, 5.41) is 10.4. The molecule has 0 N–H and O–H groups in total. The number of fused-ring (bicyclic) bond motifs is 1. The van der Waals surface area contributed by atoms with E-state index in [0.717, 1.165) is 15.9 Å². The smallest absolute Gasteiger partial charge is 0.245 e. The summed E-state index contributed by atoms with van der Waals surface area (Å²) >= 11 is 1.41. The Labute approximate surface area is 123 Å². The van der Waals surface area contributed by atoms with E-state index in [1.54, 1.807) is 0 Å². The number of hydrogen-bond donors (Lipinski definition) is 0. The first kappa shape index (κ1) is 13.2. The third-order valence-corrected chi connectivity index (χ3v) is 3.65. The second-order valence-electron chi connectivity index (χ2n) is 4.34. The highest BCUT2D eigenvalue weighted by Gasteiger charge is 2.15. The van der Waals surface area contributed by atoms with Gasteiger partial charge in [-0.25, -0.2) is 19.2 Å². The summed E-state index contributed by atoms with van der Waals surface area (Å²) in [4.78, 5) is 20.8. The van der Waals surface area contributed by atoms with Gasteiger partial charge in [-0.3, -0.25) is 0 Å². The summed E-state index contributed by atoms with van der Waals surface area (Å²) in [6, 6.07) is 0. The van der Waals surface area contributed by atoms with Crippen molar-refractivity contribution in [1.29, 1.82) is 0 Å². The van der Waals surface area contributed by atoms with Gasteiger partial charge in [-0.05, 0) is 12.5 Å². The molecular formula is C13H10N6OS. The molecule has 0 unspecified atom stereocenters. The second kappa shape index (κ2) is 4.96. The van der Waals surface area contributed by atoms with E-state index in [0.29, 0.717) is 16.3 Å². The molecule has 3 heterocycles. The van der Waals surface area contributed by atoms with Gasteiger partial charge in [0.2, 0.25) is 0 Å². The molecular weight excluding hydrogens is 288 g/mol. The van der Waals surface area contributed by atoms with Crippen molar-refractivity contribution in [3.63, 3.8) is 0 Å². The van der Waals surface area contributed by atoms with Crippen LogP contribution in [0.3, 0.4) is 0 Å². The van der Waals surface area contributed by atoms with Crippen LogP contribution in [0.4, 0.5) is 0 Å². The first-order valence-electron chi connectivity index (χ1n) is 5.98. The maximum absolute atomic E-state index is 12.1. The van der Waals surface area contributed by atoms with Gasteiger partial charge in [0.15, 0.2) is 5.65 Å². The topological polar surface area (TPSA) is 78.0 Å². The van der Waals surface area contributed by atoms with E-state index >= 15 is 0 Å². The van der Waals surface area contributed by atoms with Crippen LogP contribution >= 0.6 is 11.3 Å². The van der Waals surface area contributed by atoms with E-state index in [4.69, 9.17) is 6.42 Å². The van der Waals surface area contributed by atoms with Gasteiger partial charge >= 0.3 is 5.69 Å². The summed E-state index contributed by atoms with van der Waals surface area (Å²) in [6.45, 7) is 5.79. The van der Waals surface area contributed by atoms with Crippen LogP contribution in [0.1, 0.15) is 12.6 Å². The number of allylic oxidation sites excluding steroid dienone is 1. The highest BCUT2D eigenvalue weighted by molar-refractivity contribution is 7.13. The van der Waals surface area contributed by atoms with Crippen LogP contribution in [0.15, 0.2) is 23.1 Å². The average molecular weight is 298 g/mol. The van der Waals surface area contributed by atoms with Gasteiger partial charge in [0.1, 0.15) is 23.6 Å². The Bertz CT molecular complexity index is 942. The molecule has 0 amide bonds.